The largest absolute Gasteiger partial charge is 0.348 e. The van der Waals surface area contributed by atoms with Crippen LogP contribution in [0, 0.1) is 17.2 Å². The van der Waals surface area contributed by atoms with E-state index >= 15 is 0 Å². The molecule has 1 aromatic rings. The van der Waals surface area contributed by atoms with Crippen LogP contribution >= 0.6 is 0 Å². The van der Waals surface area contributed by atoms with E-state index in [2.05, 4.69) is 37.4 Å². The number of quaternary nitrogens is 2. The topological polar surface area (TPSA) is 61.8 Å². The average molecular weight is 371 g/mol. The fourth-order valence-electron chi connectivity index (χ4n) is 4.54. The third-order valence-corrected chi connectivity index (χ3v) is 6.58. The minimum atomic E-state index is 0.0376. The van der Waals surface area contributed by atoms with Crippen molar-refractivity contribution in [3.63, 3.8) is 0 Å². The number of carbonyl (C=O) groups is 1. The number of nitrogens with one attached hydrogen (secondary N) is 3. The van der Waals surface area contributed by atoms with Crippen LogP contribution in [-0.4, -0.2) is 44.2 Å². The van der Waals surface area contributed by atoms with Crippen molar-refractivity contribution in [1.29, 1.82) is 5.26 Å². The Labute approximate surface area is 163 Å². The Morgan fingerprint density at radius 2 is 1.85 bits per heavy atom. The highest BCUT2D eigenvalue weighted by Crippen LogP contribution is 2.23. The minimum absolute atomic E-state index is 0.0376. The summed E-state index contributed by atoms with van der Waals surface area (Å²) in [6.07, 6.45) is 4.92. The zero-order valence-electron chi connectivity index (χ0n) is 16.8. The van der Waals surface area contributed by atoms with Crippen molar-refractivity contribution in [3.8, 4) is 6.07 Å². The molecule has 1 saturated carbocycles. The molecule has 1 amide bonds. The zero-order valence-corrected chi connectivity index (χ0v) is 16.8. The van der Waals surface area contributed by atoms with Gasteiger partial charge in [-0.25, -0.2) is 0 Å². The molecule has 0 unspecified atom stereocenters. The van der Waals surface area contributed by atoms with Gasteiger partial charge in [0.05, 0.1) is 11.6 Å². The van der Waals surface area contributed by atoms with Gasteiger partial charge in [-0.2, -0.15) is 5.26 Å². The number of benzene rings is 1. The third kappa shape index (κ3) is 5.31. The molecule has 1 saturated heterocycles. The van der Waals surface area contributed by atoms with Gasteiger partial charge in [-0.15, -0.1) is 0 Å². The number of nitriles is 1. The van der Waals surface area contributed by atoms with Crippen LogP contribution in [0.3, 0.4) is 0 Å². The van der Waals surface area contributed by atoms with Crippen molar-refractivity contribution in [2.75, 3.05) is 26.2 Å². The molecular weight excluding hydrogens is 336 g/mol. The van der Waals surface area contributed by atoms with E-state index in [-0.39, 0.29) is 11.9 Å². The van der Waals surface area contributed by atoms with E-state index in [1.165, 1.54) is 29.7 Å². The lowest BCUT2D eigenvalue weighted by atomic mass is 9.86. The fourth-order valence-corrected chi connectivity index (χ4v) is 4.54. The molecule has 2 fully saturated rings. The summed E-state index contributed by atoms with van der Waals surface area (Å²) in [6, 6.07) is 10.5. The Bertz CT molecular complexity index is 658. The standard InChI is InChI=1S/C22H32N4O/c1-17-5-3-4-6-21(17)24-22(27)18(2)26-13-11-25(12-14-26)16-20-9-7-19(15-23)8-10-20/h7-10,17-18,21H,3-6,11-14,16H2,1-2H3,(H,24,27)/p+2/t17-,18+,21-/m0/s1. The molecule has 2 aliphatic rings. The summed E-state index contributed by atoms with van der Waals surface area (Å²) in [5.41, 5.74) is 2.00. The second-order valence-corrected chi connectivity index (χ2v) is 8.49. The summed E-state index contributed by atoms with van der Waals surface area (Å²) in [5, 5.41) is 12.2. The normalized spacial score (nSPS) is 29.5. The van der Waals surface area contributed by atoms with Crippen LogP contribution in [0.4, 0.5) is 0 Å². The van der Waals surface area contributed by atoms with E-state index < -0.39 is 0 Å². The number of hydrogen-bond donors (Lipinski definition) is 3. The van der Waals surface area contributed by atoms with Gasteiger partial charge in [-0.1, -0.05) is 31.9 Å². The van der Waals surface area contributed by atoms with Crippen LogP contribution in [0.5, 0.6) is 0 Å². The lowest BCUT2D eigenvalue weighted by molar-refractivity contribution is -1.02. The quantitative estimate of drug-likeness (QED) is 0.679. The highest BCUT2D eigenvalue weighted by molar-refractivity contribution is 5.80. The van der Waals surface area contributed by atoms with Gasteiger partial charge in [0.1, 0.15) is 32.7 Å². The first-order chi connectivity index (χ1) is 13.1. The molecule has 1 heterocycles. The third-order valence-electron chi connectivity index (χ3n) is 6.58. The van der Waals surface area contributed by atoms with Gasteiger partial charge in [0, 0.05) is 11.6 Å². The molecule has 0 radical (unpaired) electrons. The Morgan fingerprint density at radius 1 is 1.19 bits per heavy atom. The average Bonchev–Trinajstić information content (AvgIpc) is 2.70. The predicted octanol–water partition coefficient (Wildman–Crippen LogP) is -0.0749. The number of carbonyl (C=O) groups excluding carboxylic acids is 1. The van der Waals surface area contributed by atoms with Crippen molar-refractivity contribution in [2.45, 2.75) is 58.2 Å². The smallest absolute Gasteiger partial charge is 0.278 e. The van der Waals surface area contributed by atoms with Crippen LogP contribution in [-0.2, 0) is 11.3 Å². The fraction of sp³-hybridized carbons (Fsp3) is 0.636. The summed E-state index contributed by atoms with van der Waals surface area (Å²) >= 11 is 0. The monoisotopic (exact) mass is 370 g/mol. The van der Waals surface area contributed by atoms with Crippen molar-refractivity contribution in [3.05, 3.63) is 35.4 Å². The van der Waals surface area contributed by atoms with E-state index in [1.54, 1.807) is 4.90 Å². The molecule has 1 aliphatic carbocycles. The van der Waals surface area contributed by atoms with Crippen LogP contribution in [0.15, 0.2) is 24.3 Å². The second kappa shape index (κ2) is 9.34. The van der Waals surface area contributed by atoms with Crippen molar-refractivity contribution in [1.82, 2.24) is 5.32 Å². The second-order valence-electron chi connectivity index (χ2n) is 8.49. The van der Waals surface area contributed by atoms with Gasteiger partial charge in [-0.3, -0.25) is 4.79 Å². The van der Waals surface area contributed by atoms with E-state index in [1.807, 2.05) is 12.1 Å². The lowest BCUT2D eigenvalue weighted by Gasteiger charge is -2.34. The first-order valence-corrected chi connectivity index (χ1v) is 10.5. The highest BCUT2D eigenvalue weighted by atomic mass is 16.2. The van der Waals surface area contributed by atoms with E-state index in [0.717, 1.165) is 44.7 Å². The minimum Gasteiger partial charge on any atom is -0.348 e. The first-order valence-electron chi connectivity index (χ1n) is 10.5. The molecule has 3 rings (SSSR count). The lowest BCUT2D eigenvalue weighted by Crippen LogP contribution is -3.29. The van der Waals surface area contributed by atoms with E-state index in [4.69, 9.17) is 5.26 Å². The Kier molecular flexibility index (Phi) is 6.87. The van der Waals surface area contributed by atoms with E-state index in [0.29, 0.717) is 12.0 Å². The summed E-state index contributed by atoms with van der Waals surface area (Å²) < 4.78 is 0. The van der Waals surface area contributed by atoms with Crippen molar-refractivity contribution >= 4 is 5.91 Å². The molecular formula is C22H34N4O+2. The summed E-state index contributed by atoms with van der Waals surface area (Å²) in [7, 11) is 0. The zero-order chi connectivity index (χ0) is 19.2. The molecule has 1 aromatic carbocycles. The number of piperazine rings is 1. The molecule has 146 valence electrons. The molecule has 27 heavy (non-hydrogen) atoms. The molecule has 3 atom stereocenters. The Balaban J connectivity index is 1.44. The molecule has 0 spiro atoms. The molecule has 0 bridgehead atoms. The van der Waals surface area contributed by atoms with Crippen LogP contribution in [0.1, 0.15) is 50.7 Å². The maximum atomic E-state index is 12.7. The predicted molar refractivity (Wildman–Crippen MR) is 105 cm³/mol. The van der Waals surface area contributed by atoms with Gasteiger partial charge < -0.3 is 15.1 Å². The maximum absolute atomic E-state index is 12.7. The van der Waals surface area contributed by atoms with Gasteiger partial charge >= 0.3 is 0 Å². The molecule has 5 heteroatoms. The van der Waals surface area contributed by atoms with Gasteiger partial charge in [-0.05, 0) is 37.8 Å². The Hall–Kier alpha value is -1.90. The van der Waals surface area contributed by atoms with Crippen LogP contribution < -0.4 is 15.1 Å². The highest BCUT2D eigenvalue weighted by Gasteiger charge is 2.33. The number of amides is 1. The molecule has 0 aromatic heterocycles. The van der Waals surface area contributed by atoms with Gasteiger partial charge in [0.25, 0.3) is 5.91 Å². The SMILES string of the molecule is C[C@H](C(=O)N[C@H]1CCCC[C@@H]1C)[NH+]1CC[NH+](Cc2ccc(C#N)cc2)CC1. The molecule has 1 aliphatic heterocycles. The number of rotatable bonds is 5. The van der Waals surface area contributed by atoms with Crippen molar-refractivity contribution < 1.29 is 14.6 Å². The Morgan fingerprint density at radius 3 is 2.48 bits per heavy atom. The van der Waals surface area contributed by atoms with Crippen LogP contribution in [0.25, 0.3) is 0 Å². The summed E-state index contributed by atoms with van der Waals surface area (Å²) in [6.45, 7) is 9.62. The number of hydrogen-bond acceptors (Lipinski definition) is 2. The maximum Gasteiger partial charge on any atom is 0.278 e. The summed E-state index contributed by atoms with van der Waals surface area (Å²) in [4.78, 5) is 15.7. The first kappa shape index (κ1) is 19.9. The van der Waals surface area contributed by atoms with E-state index in [9.17, 15) is 4.79 Å². The van der Waals surface area contributed by atoms with Crippen LogP contribution in [0.2, 0.25) is 0 Å². The van der Waals surface area contributed by atoms with Gasteiger partial charge in [0.15, 0.2) is 6.04 Å². The molecule has 5 nitrogen and oxygen atoms in total. The summed E-state index contributed by atoms with van der Waals surface area (Å²) in [5.74, 6) is 0.845. The van der Waals surface area contributed by atoms with Gasteiger partial charge in [0.2, 0.25) is 0 Å². The number of nitrogens with zero attached hydrogens (tertiary/aromatic N) is 1. The molecule has 3 N–H and O–H groups in total. The van der Waals surface area contributed by atoms with Crippen molar-refractivity contribution in [2.24, 2.45) is 5.92 Å².